The Kier molecular flexibility index (Phi) is 2.98. The van der Waals surface area contributed by atoms with Gasteiger partial charge in [0.25, 0.3) is 0 Å². The molecule has 1 aromatic carbocycles. The third-order valence-electron chi connectivity index (χ3n) is 4.34. The lowest BCUT2D eigenvalue weighted by atomic mass is 9.75. The van der Waals surface area contributed by atoms with E-state index in [-0.39, 0.29) is 11.0 Å². The first-order valence-corrected chi connectivity index (χ1v) is 7.21. The van der Waals surface area contributed by atoms with Gasteiger partial charge in [0.15, 0.2) is 0 Å². The van der Waals surface area contributed by atoms with Crippen molar-refractivity contribution >= 4 is 0 Å². The second kappa shape index (κ2) is 4.45. The Morgan fingerprint density at radius 1 is 1.30 bits per heavy atom. The molecule has 2 aromatic rings. The minimum atomic E-state index is -0.306. The molecule has 3 rings (SSSR count). The highest BCUT2D eigenvalue weighted by Crippen LogP contribution is 2.36. The molecule has 3 heteroatoms. The topological polar surface area (TPSA) is 52.0 Å². The van der Waals surface area contributed by atoms with E-state index < -0.39 is 0 Å². The predicted molar refractivity (Wildman–Crippen MR) is 79.5 cm³/mol. The summed E-state index contributed by atoms with van der Waals surface area (Å²) in [7, 11) is 0. The summed E-state index contributed by atoms with van der Waals surface area (Å²) in [5.74, 6) is 0.998. The standard InChI is InChI=1S/C17H22N2O/c1-16(2,3)13-5-4-6-14(9-13)17(18)8-7-15-12(10-17)11-19-20-15/h4-6,9,11H,7-8,10,18H2,1-3H3. The van der Waals surface area contributed by atoms with Crippen molar-refractivity contribution in [3.8, 4) is 0 Å². The first-order chi connectivity index (χ1) is 9.38. The zero-order valence-corrected chi connectivity index (χ0v) is 12.4. The number of benzene rings is 1. The van der Waals surface area contributed by atoms with Gasteiger partial charge in [-0.25, -0.2) is 0 Å². The third kappa shape index (κ3) is 2.27. The van der Waals surface area contributed by atoms with Crippen molar-refractivity contribution in [1.29, 1.82) is 0 Å². The summed E-state index contributed by atoms with van der Waals surface area (Å²) in [6.45, 7) is 6.69. The Labute approximate surface area is 120 Å². The number of aromatic nitrogens is 1. The van der Waals surface area contributed by atoms with E-state index in [0.29, 0.717) is 0 Å². The molecule has 1 aliphatic carbocycles. The number of nitrogens with zero attached hydrogens (tertiary/aromatic N) is 1. The summed E-state index contributed by atoms with van der Waals surface area (Å²) in [5, 5.41) is 3.89. The number of nitrogens with two attached hydrogens (primary N) is 1. The minimum absolute atomic E-state index is 0.142. The molecular formula is C17H22N2O. The SMILES string of the molecule is CC(C)(C)c1cccc(C2(N)CCc3oncc3C2)c1. The van der Waals surface area contributed by atoms with Crippen LogP contribution >= 0.6 is 0 Å². The van der Waals surface area contributed by atoms with Crippen LogP contribution in [0.4, 0.5) is 0 Å². The molecule has 0 bridgehead atoms. The van der Waals surface area contributed by atoms with Crippen LogP contribution in [0.25, 0.3) is 0 Å². The average Bonchev–Trinajstić information content (AvgIpc) is 2.85. The van der Waals surface area contributed by atoms with Crippen LogP contribution in [0.5, 0.6) is 0 Å². The fourth-order valence-corrected chi connectivity index (χ4v) is 2.94. The molecule has 0 spiro atoms. The van der Waals surface area contributed by atoms with Gasteiger partial charge in [-0.2, -0.15) is 0 Å². The van der Waals surface area contributed by atoms with Crippen LogP contribution in [-0.2, 0) is 23.8 Å². The van der Waals surface area contributed by atoms with Gasteiger partial charge in [0.2, 0.25) is 0 Å². The molecule has 1 aromatic heterocycles. The van der Waals surface area contributed by atoms with E-state index in [2.05, 4.69) is 50.2 Å². The molecule has 1 heterocycles. The summed E-state index contributed by atoms with van der Waals surface area (Å²) in [6, 6.07) is 8.71. The summed E-state index contributed by atoms with van der Waals surface area (Å²) in [4.78, 5) is 0. The van der Waals surface area contributed by atoms with Gasteiger partial charge in [0.1, 0.15) is 5.76 Å². The lowest BCUT2D eigenvalue weighted by molar-refractivity contribution is 0.323. The lowest BCUT2D eigenvalue weighted by Gasteiger charge is -2.34. The normalized spacial score (nSPS) is 22.6. The van der Waals surface area contributed by atoms with Crippen molar-refractivity contribution in [2.45, 2.75) is 51.0 Å². The number of hydrogen-bond acceptors (Lipinski definition) is 3. The van der Waals surface area contributed by atoms with E-state index in [0.717, 1.165) is 30.6 Å². The zero-order valence-electron chi connectivity index (χ0n) is 12.4. The van der Waals surface area contributed by atoms with E-state index in [1.165, 1.54) is 11.1 Å². The highest BCUT2D eigenvalue weighted by atomic mass is 16.5. The van der Waals surface area contributed by atoms with Crippen molar-refractivity contribution in [3.63, 3.8) is 0 Å². The van der Waals surface area contributed by atoms with Crippen molar-refractivity contribution in [2.24, 2.45) is 5.73 Å². The Bertz CT molecular complexity index is 624. The predicted octanol–water partition coefficient (Wildman–Crippen LogP) is 3.32. The van der Waals surface area contributed by atoms with Crippen LogP contribution in [0.3, 0.4) is 0 Å². The van der Waals surface area contributed by atoms with Gasteiger partial charge in [-0.05, 0) is 29.4 Å². The molecule has 3 nitrogen and oxygen atoms in total. The van der Waals surface area contributed by atoms with Gasteiger partial charge in [-0.15, -0.1) is 0 Å². The fraction of sp³-hybridized carbons (Fsp3) is 0.471. The Morgan fingerprint density at radius 3 is 2.85 bits per heavy atom. The quantitative estimate of drug-likeness (QED) is 0.865. The Balaban J connectivity index is 1.97. The zero-order chi connectivity index (χ0) is 14.4. The minimum Gasteiger partial charge on any atom is -0.361 e. The summed E-state index contributed by atoms with van der Waals surface area (Å²) < 4.78 is 5.26. The molecule has 106 valence electrons. The Morgan fingerprint density at radius 2 is 2.10 bits per heavy atom. The van der Waals surface area contributed by atoms with Crippen LogP contribution in [0, 0.1) is 0 Å². The molecule has 0 saturated heterocycles. The smallest absolute Gasteiger partial charge is 0.140 e. The molecule has 1 aliphatic rings. The number of hydrogen-bond donors (Lipinski definition) is 1. The molecule has 0 amide bonds. The van der Waals surface area contributed by atoms with Crippen molar-refractivity contribution in [3.05, 3.63) is 52.9 Å². The molecular weight excluding hydrogens is 248 g/mol. The molecule has 0 fully saturated rings. The maximum absolute atomic E-state index is 6.70. The van der Waals surface area contributed by atoms with Crippen molar-refractivity contribution in [1.82, 2.24) is 5.16 Å². The number of rotatable bonds is 1. The first-order valence-electron chi connectivity index (χ1n) is 7.21. The van der Waals surface area contributed by atoms with Crippen molar-refractivity contribution in [2.75, 3.05) is 0 Å². The lowest BCUT2D eigenvalue weighted by Crippen LogP contribution is -2.42. The molecule has 2 N–H and O–H groups in total. The largest absolute Gasteiger partial charge is 0.361 e. The molecule has 1 atom stereocenters. The maximum atomic E-state index is 6.70. The highest BCUT2D eigenvalue weighted by molar-refractivity contribution is 5.36. The molecule has 1 unspecified atom stereocenters. The van der Waals surface area contributed by atoms with E-state index in [9.17, 15) is 0 Å². The molecule has 0 saturated carbocycles. The Hall–Kier alpha value is -1.61. The molecule has 0 aliphatic heterocycles. The summed E-state index contributed by atoms with van der Waals surface area (Å²) in [5.41, 5.74) is 10.2. The van der Waals surface area contributed by atoms with Gasteiger partial charge in [-0.3, -0.25) is 0 Å². The summed E-state index contributed by atoms with van der Waals surface area (Å²) in [6.07, 6.45) is 4.39. The van der Waals surface area contributed by atoms with Gasteiger partial charge in [-0.1, -0.05) is 50.2 Å². The van der Waals surface area contributed by atoms with E-state index >= 15 is 0 Å². The van der Waals surface area contributed by atoms with Crippen molar-refractivity contribution < 1.29 is 4.52 Å². The van der Waals surface area contributed by atoms with Gasteiger partial charge < -0.3 is 10.3 Å². The van der Waals surface area contributed by atoms with Crippen LogP contribution < -0.4 is 5.73 Å². The fourth-order valence-electron chi connectivity index (χ4n) is 2.94. The van der Waals surface area contributed by atoms with Gasteiger partial charge >= 0.3 is 0 Å². The van der Waals surface area contributed by atoms with E-state index in [1.807, 2.05) is 6.20 Å². The van der Waals surface area contributed by atoms with Crippen LogP contribution in [-0.4, -0.2) is 5.16 Å². The van der Waals surface area contributed by atoms with Gasteiger partial charge in [0, 0.05) is 17.5 Å². The van der Waals surface area contributed by atoms with Gasteiger partial charge in [0.05, 0.1) is 6.20 Å². The third-order valence-corrected chi connectivity index (χ3v) is 4.34. The molecule has 0 radical (unpaired) electrons. The first kappa shape index (κ1) is 13.4. The van der Waals surface area contributed by atoms with Crippen LogP contribution in [0.2, 0.25) is 0 Å². The van der Waals surface area contributed by atoms with E-state index in [4.69, 9.17) is 10.3 Å². The highest BCUT2D eigenvalue weighted by Gasteiger charge is 2.34. The second-order valence-corrected chi connectivity index (χ2v) is 6.94. The van der Waals surface area contributed by atoms with Crippen LogP contribution in [0.1, 0.15) is 49.6 Å². The monoisotopic (exact) mass is 270 g/mol. The number of fused-ring (bicyclic) bond motifs is 1. The van der Waals surface area contributed by atoms with Crippen LogP contribution in [0.15, 0.2) is 35.0 Å². The van der Waals surface area contributed by atoms with E-state index in [1.54, 1.807) is 0 Å². The number of aryl methyl sites for hydroxylation is 1. The second-order valence-electron chi connectivity index (χ2n) is 6.94. The molecule has 20 heavy (non-hydrogen) atoms. The average molecular weight is 270 g/mol. The summed E-state index contributed by atoms with van der Waals surface area (Å²) >= 11 is 0. The maximum Gasteiger partial charge on any atom is 0.140 e.